The molecule has 2 heterocycles. The van der Waals surface area contributed by atoms with Crippen molar-refractivity contribution in [2.75, 3.05) is 32.1 Å². The summed E-state index contributed by atoms with van der Waals surface area (Å²) in [6.07, 6.45) is 4.20. The molecule has 1 fully saturated rings. The summed E-state index contributed by atoms with van der Waals surface area (Å²) < 4.78 is 5.97. The Hall–Kier alpha value is -1.14. The smallest absolute Gasteiger partial charge is 0.224 e. The molecule has 0 unspecified atom stereocenters. The Labute approximate surface area is 134 Å². The number of aromatic nitrogens is 1. The summed E-state index contributed by atoms with van der Waals surface area (Å²) in [7, 11) is 1.62. The molecule has 6 heteroatoms. The zero-order chi connectivity index (χ0) is 15.2. The number of nitrogens with one attached hydrogen (secondary N) is 1. The Bertz CT molecular complexity index is 488. The lowest BCUT2D eigenvalue weighted by Crippen LogP contribution is -2.42. The fourth-order valence-corrected chi connectivity index (χ4v) is 2.66. The molecule has 0 radical (unpaired) electrons. The summed E-state index contributed by atoms with van der Waals surface area (Å²) in [5, 5.41) is 3.46. The van der Waals surface area contributed by atoms with Gasteiger partial charge in [0.25, 0.3) is 0 Å². The fourth-order valence-electron chi connectivity index (χ4n) is 2.45. The van der Waals surface area contributed by atoms with Crippen LogP contribution >= 0.6 is 15.9 Å². The van der Waals surface area contributed by atoms with Gasteiger partial charge in [-0.1, -0.05) is 0 Å². The van der Waals surface area contributed by atoms with E-state index in [0.717, 1.165) is 36.2 Å². The van der Waals surface area contributed by atoms with Gasteiger partial charge in [0.1, 0.15) is 5.82 Å². The van der Waals surface area contributed by atoms with Gasteiger partial charge >= 0.3 is 0 Å². The number of hydrogen-bond acceptors (Lipinski definition) is 4. The number of carbonyl (C=O) groups excluding carboxylic acids is 1. The number of nitrogens with zero attached hydrogens (tertiary/aromatic N) is 2. The number of carbonyl (C=O) groups is 1. The Morgan fingerprint density at radius 2 is 2.24 bits per heavy atom. The largest absolute Gasteiger partial charge is 0.384 e. The van der Waals surface area contributed by atoms with E-state index >= 15 is 0 Å². The molecule has 0 spiro atoms. The average molecular weight is 356 g/mol. The maximum Gasteiger partial charge on any atom is 0.224 e. The molecular weight excluding hydrogens is 334 g/mol. The average Bonchev–Trinajstić information content (AvgIpc) is 2.49. The Balaban J connectivity index is 1.81. The third-order valence-corrected chi connectivity index (χ3v) is 4.60. The Morgan fingerprint density at radius 3 is 2.86 bits per heavy atom. The molecule has 1 N–H and O–H groups in total. The van der Waals surface area contributed by atoms with Crippen molar-refractivity contribution in [3.05, 3.63) is 22.3 Å². The zero-order valence-electron chi connectivity index (χ0n) is 12.6. The van der Waals surface area contributed by atoms with Crippen molar-refractivity contribution in [2.45, 2.75) is 32.2 Å². The zero-order valence-corrected chi connectivity index (χ0v) is 14.1. The minimum absolute atomic E-state index is 0.188. The number of aryl methyl sites for hydroxylation is 1. The summed E-state index contributed by atoms with van der Waals surface area (Å²) in [6, 6.07) is 2.42. The lowest BCUT2D eigenvalue weighted by atomic mass is 10.0. The second-order valence-electron chi connectivity index (χ2n) is 5.36. The van der Waals surface area contributed by atoms with Crippen LogP contribution < -0.4 is 5.32 Å². The van der Waals surface area contributed by atoms with Gasteiger partial charge in [0.15, 0.2) is 0 Å². The van der Waals surface area contributed by atoms with E-state index in [1.54, 1.807) is 7.11 Å². The highest BCUT2D eigenvalue weighted by atomic mass is 79.9. The number of rotatable bonds is 5. The lowest BCUT2D eigenvalue weighted by Gasteiger charge is -2.32. The molecule has 1 aromatic heterocycles. The molecule has 0 saturated carbocycles. The van der Waals surface area contributed by atoms with Gasteiger partial charge in [0, 0.05) is 36.9 Å². The highest BCUT2D eigenvalue weighted by Gasteiger charge is 2.22. The van der Waals surface area contributed by atoms with Gasteiger partial charge < -0.3 is 15.0 Å². The molecule has 116 valence electrons. The molecule has 1 aliphatic heterocycles. The van der Waals surface area contributed by atoms with Crippen LogP contribution in [0.15, 0.2) is 16.7 Å². The van der Waals surface area contributed by atoms with E-state index in [-0.39, 0.29) is 5.91 Å². The van der Waals surface area contributed by atoms with Crippen molar-refractivity contribution in [1.82, 2.24) is 9.88 Å². The first-order valence-electron chi connectivity index (χ1n) is 7.25. The van der Waals surface area contributed by atoms with Gasteiger partial charge in [-0.3, -0.25) is 4.79 Å². The number of amides is 1. The summed E-state index contributed by atoms with van der Waals surface area (Å²) in [5.74, 6) is 1.09. The van der Waals surface area contributed by atoms with Gasteiger partial charge in [-0.05, 0) is 47.3 Å². The predicted octanol–water partition coefficient (Wildman–Crippen LogP) is 2.59. The van der Waals surface area contributed by atoms with Gasteiger partial charge in [0.05, 0.1) is 13.0 Å². The van der Waals surface area contributed by atoms with Crippen molar-refractivity contribution in [3.63, 3.8) is 0 Å². The fraction of sp³-hybridized carbons (Fsp3) is 0.600. The molecule has 1 aliphatic rings. The molecule has 0 atom stereocenters. The minimum Gasteiger partial charge on any atom is -0.384 e. The third kappa shape index (κ3) is 4.68. The van der Waals surface area contributed by atoms with Crippen LogP contribution in [0.2, 0.25) is 0 Å². The molecule has 21 heavy (non-hydrogen) atoms. The maximum atomic E-state index is 11.9. The van der Waals surface area contributed by atoms with Crippen LogP contribution in [0.25, 0.3) is 0 Å². The Kier molecular flexibility index (Phi) is 5.99. The summed E-state index contributed by atoms with van der Waals surface area (Å²) in [4.78, 5) is 18.2. The molecule has 1 amide bonds. The quantitative estimate of drug-likeness (QED) is 0.881. The van der Waals surface area contributed by atoms with Crippen molar-refractivity contribution >= 4 is 27.7 Å². The highest BCUT2D eigenvalue weighted by molar-refractivity contribution is 9.10. The summed E-state index contributed by atoms with van der Waals surface area (Å²) >= 11 is 3.45. The minimum atomic E-state index is 0.188. The van der Waals surface area contributed by atoms with Crippen LogP contribution in [0.3, 0.4) is 0 Å². The van der Waals surface area contributed by atoms with Crippen LogP contribution in [0, 0.1) is 6.92 Å². The van der Waals surface area contributed by atoms with E-state index in [2.05, 4.69) is 26.2 Å². The van der Waals surface area contributed by atoms with Gasteiger partial charge in [-0.2, -0.15) is 0 Å². The second-order valence-corrected chi connectivity index (χ2v) is 6.22. The van der Waals surface area contributed by atoms with E-state index in [9.17, 15) is 4.79 Å². The van der Waals surface area contributed by atoms with E-state index in [1.165, 1.54) is 5.56 Å². The number of halogens is 1. The monoisotopic (exact) mass is 355 g/mol. The van der Waals surface area contributed by atoms with Crippen molar-refractivity contribution in [1.29, 1.82) is 0 Å². The van der Waals surface area contributed by atoms with E-state index in [4.69, 9.17) is 4.74 Å². The molecule has 0 aromatic carbocycles. The second kappa shape index (κ2) is 7.75. The predicted molar refractivity (Wildman–Crippen MR) is 86.4 cm³/mol. The SMILES string of the molecule is COCCC(=O)N1CCC(Nc2cc(C)c(Br)cn2)CC1. The van der Waals surface area contributed by atoms with Crippen LogP contribution in [0.5, 0.6) is 0 Å². The molecular formula is C15H22BrN3O2. The first-order valence-corrected chi connectivity index (χ1v) is 8.05. The number of pyridine rings is 1. The van der Waals surface area contributed by atoms with Crippen LogP contribution in [-0.4, -0.2) is 48.6 Å². The van der Waals surface area contributed by atoms with Gasteiger partial charge in [0.2, 0.25) is 5.91 Å². The summed E-state index contributed by atoms with van der Waals surface area (Å²) in [5.41, 5.74) is 1.17. The number of ether oxygens (including phenoxy) is 1. The molecule has 0 aliphatic carbocycles. The van der Waals surface area contributed by atoms with E-state index in [1.807, 2.05) is 24.1 Å². The lowest BCUT2D eigenvalue weighted by molar-refractivity contribution is -0.133. The molecule has 1 aromatic rings. The van der Waals surface area contributed by atoms with E-state index in [0.29, 0.717) is 19.1 Å². The first-order chi connectivity index (χ1) is 10.1. The van der Waals surface area contributed by atoms with Gasteiger partial charge in [-0.25, -0.2) is 4.98 Å². The first kappa shape index (κ1) is 16.2. The summed E-state index contributed by atoms with van der Waals surface area (Å²) in [6.45, 7) is 4.15. The van der Waals surface area contributed by atoms with Crippen molar-refractivity contribution < 1.29 is 9.53 Å². The normalized spacial score (nSPS) is 16.0. The highest BCUT2D eigenvalue weighted by Crippen LogP contribution is 2.20. The van der Waals surface area contributed by atoms with Crippen LogP contribution in [-0.2, 0) is 9.53 Å². The van der Waals surface area contributed by atoms with Gasteiger partial charge in [-0.15, -0.1) is 0 Å². The molecule has 0 bridgehead atoms. The molecule has 5 nitrogen and oxygen atoms in total. The molecule has 2 rings (SSSR count). The number of piperidine rings is 1. The standard InChI is InChI=1S/C15H22BrN3O2/c1-11-9-14(17-10-13(11)16)18-12-3-6-19(7-4-12)15(20)5-8-21-2/h9-10,12H,3-8H2,1-2H3,(H,17,18). The van der Waals surface area contributed by atoms with Crippen LogP contribution in [0.1, 0.15) is 24.8 Å². The van der Waals surface area contributed by atoms with E-state index < -0.39 is 0 Å². The number of methoxy groups -OCH3 is 1. The Morgan fingerprint density at radius 1 is 1.52 bits per heavy atom. The number of hydrogen-bond donors (Lipinski definition) is 1. The number of anilines is 1. The number of likely N-dealkylation sites (tertiary alicyclic amines) is 1. The molecule has 1 saturated heterocycles. The third-order valence-electron chi connectivity index (χ3n) is 3.77. The topological polar surface area (TPSA) is 54.5 Å². The van der Waals surface area contributed by atoms with Crippen molar-refractivity contribution in [2.24, 2.45) is 0 Å². The maximum absolute atomic E-state index is 11.9. The van der Waals surface area contributed by atoms with Crippen LogP contribution in [0.4, 0.5) is 5.82 Å². The van der Waals surface area contributed by atoms with Crippen molar-refractivity contribution in [3.8, 4) is 0 Å².